The molecule has 92 valence electrons. The molecule has 2 fully saturated rings. The van der Waals surface area contributed by atoms with Crippen LogP contribution in [0.4, 0.5) is 0 Å². The largest absolute Gasteiger partial charge is 0.469 e. The van der Waals surface area contributed by atoms with E-state index < -0.39 is 0 Å². The maximum atomic E-state index is 12.4. The van der Waals surface area contributed by atoms with E-state index in [-0.39, 0.29) is 5.91 Å². The summed E-state index contributed by atoms with van der Waals surface area (Å²) in [5.41, 5.74) is 0.690. The molecule has 4 heteroatoms. The van der Waals surface area contributed by atoms with Crippen molar-refractivity contribution in [2.45, 2.75) is 25.8 Å². The number of hydrogen-bond acceptors (Lipinski definition) is 3. The Kier molecular flexibility index (Phi) is 2.67. The van der Waals surface area contributed by atoms with Gasteiger partial charge in [0.05, 0.1) is 5.56 Å². The van der Waals surface area contributed by atoms with E-state index in [1.807, 2.05) is 17.9 Å². The molecule has 2 atom stereocenters. The predicted molar refractivity (Wildman–Crippen MR) is 63.9 cm³/mol. The van der Waals surface area contributed by atoms with E-state index in [4.69, 9.17) is 4.42 Å². The van der Waals surface area contributed by atoms with Crippen molar-refractivity contribution < 1.29 is 9.21 Å². The van der Waals surface area contributed by atoms with Crippen LogP contribution in [0.5, 0.6) is 0 Å². The van der Waals surface area contributed by atoms with Gasteiger partial charge in [0.25, 0.3) is 5.91 Å². The van der Waals surface area contributed by atoms with Crippen LogP contribution in [0.25, 0.3) is 0 Å². The Labute approximate surface area is 101 Å². The lowest BCUT2D eigenvalue weighted by Gasteiger charge is -2.36. The summed E-state index contributed by atoms with van der Waals surface area (Å²) in [6.07, 6.45) is 3.93. The highest BCUT2D eigenvalue weighted by atomic mass is 16.3. The van der Waals surface area contributed by atoms with Gasteiger partial charge in [-0.1, -0.05) is 0 Å². The maximum Gasteiger partial charge on any atom is 0.257 e. The summed E-state index contributed by atoms with van der Waals surface area (Å²) in [4.78, 5) is 14.4. The number of likely N-dealkylation sites (tertiary alicyclic amines) is 1. The van der Waals surface area contributed by atoms with Crippen molar-refractivity contribution in [3.63, 3.8) is 0 Å². The quantitative estimate of drug-likeness (QED) is 0.799. The van der Waals surface area contributed by atoms with E-state index in [9.17, 15) is 4.79 Å². The first kappa shape index (κ1) is 10.8. The summed E-state index contributed by atoms with van der Waals surface area (Å²) in [6, 6.07) is 2.21. The van der Waals surface area contributed by atoms with E-state index in [0.717, 1.165) is 31.8 Å². The number of nitrogens with zero attached hydrogens (tertiary/aromatic N) is 1. The minimum absolute atomic E-state index is 0.125. The zero-order valence-corrected chi connectivity index (χ0v) is 10.1. The number of nitrogens with one attached hydrogen (secondary N) is 1. The number of furan rings is 1. The van der Waals surface area contributed by atoms with Crippen LogP contribution in [0.15, 0.2) is 16.7 Å². The Balaban J connectivity index is 1.81. The summed E-state index contributed by atoms with van der Waals surface area (Å²) < 4.78 is 5.22. The number of carbonyl (C=O) groups excluding carboxylic acids is 1. The van der Waals surface area contributed by atoms with Crippen LogP contribution in [-0.4, -0.2) is 36.5 Å². The number of carbonyl (C=O) groups is 1. The van der Waals surface area contributed by atoms with Gasteiger partial charge in [-0.2, -0.15) is 0 Å². The molecule has 0 aromatic carbocycles. The molecule has 1 N–H and O–H groups in total. The molecule has 1 aromatic heterocycles. The van der Waals surface area contributed by atoms with Crippen LogP contribution in [0.3, 0.4) is 0 Å². The smallest absolute Gasteiger partial charge is 0.257 e. The van der Waals surface area contributed by atoms with Crippen molar-refractivity contribution in [3.05, 3.63) is 23.7 Å². The molecule has 0 radical (unpaired) electrons. The van der Waals surface area contributed by atoms with Gasteiger partial charge in [-0.3, -0.25) is 4.79 Å². The zero-order chi connectivity index (χ0) is 11.8. The molecule has 0 aliphatic carbocycles. The Hall–Kier alpha value is -1.29. The number of amides is 1. The first-order valence-electron chi connectivity index (χ1n) is 6.32. The van der Waals surface area contributed by atoms with Gasteiger partial charge >= 0.3 is 0 Å². The van der Waals surface area contributed by atoms with Crippen LogP contribution in [0.2, 0.25) is 0 Å². The number of hydrogen-bond donors (Lipinski definition) is 1. The molecular formula is C13H18N2O2. The molecule has 2 aliphatic heterocycles. The fourth-order valence-corrected chi connectivity index (χ4v) is 3.04. The maximum absolute atomic E-state index is 12.4. The first-order chi connectivity index (χ1) is 8.25. The van der Waals surface area contributed by atoms with Crippen molar-refractivity contribution in [2.24, 2.45) is 5.92 Å². The Morgan fingerprint density at radius 1 is 1.53 bits per heavy atom. The van der Waals surface area contributed by atoms with Gasteiger partial charge in [0.15, 0.2) is 0 Å². The topological polar surface area (TPSA) is 45.5 Å². The van der Waals surface area contributed by atoms with Crippen molar-refractivity contribution in [3.8, 4) is 0 Å². The Morgan fingerprint density at radius 3 is 3.18 bits per heavy atom. The first-order valence-corrected chi connectivity index (χ1v) is 6.32. The average molecular weight is 234 g/mol. The van der Waals surface area contributed by atoms with Crippen molar-refractivity contribution in [1.82, 2.24) is 10.2 Å². The van der Waals surface area contributed by atoms with Gasteiger partial charge in [0.2, 0.25) is 0 Å². The second-order valence-electron chi connectivity index (χ2n) is 5.07. The summed E-state index contributed by atoms with van der Waals surface area (Å²) in [6.45, 7) is 4.74. The molecular weight excluding hydrogens is 216 g/mol. The lowest BCUT2D eigenvalue weighted by molar-refractivity contribution is 0.0574. The molecule has 2 saturated heterocycles. The standard InChI is InChI=1S/C13H18N2O2/c1-9-5-11(8-17-9)13(16)15-4-2-3-10-6-14-7-12(10)15/h5,8,10,12,14H,2-4,6-7H2,1H3. The molecule has 2 aliphatic rings. The van der Waals surface area contributed by atoms with E-state index >= 15 is 0 Å². The fraction of sp³-hybridized carbons (Fsp3) is 0.615. The average Bonchev–Trinajstić information content (AvgIpc) is 2.95. The number of aryl methyl sites for hydroxylation is 1. The molecule has 3 heterocycles. The normalized spacial score (nSPS) is 28.2. The second kappa shape index (κ2) is 4.18. The minimum Gasteiger partial charge on any atom is -0.469 e. The number of rotatable bonds is 1. The molecule has 1 aromatic rings. The third kappa shape index (κ3) is 1.86. The summed E-state index contributed by atoms with van der Waals surface area (Å²) in [5, 5.41) is 3.39. The van der Waals surface area contributed by atoms with Crippen LogP contribution in [0, 0.1) is 12.8 Å². The second-order valence-corrected chi connectivity index (χ2v) is 5.07. The fourth-order valence-electron chi connectivity index (χ4n) is 3.04. The van der Waals surface area contributed by atoms with E-state index in [2.05, 4.69) is 5.32 Å². The molecule has 0 spiro atoms. The molecule has 0 saturated carbocycles. The van der Waals surface area contributed by atoms with E-state index in [1.54, 1.807) is 6.26 Å². The molecule has 4 nitrogen and oxygen atoms in total. The lowest BCUT2D eigenvalue weighted by atomic mass is 9.91. The highest BCUT2D eigenvalue weighted by molar-refractivity contribution is 5.94. The number of fused-ring (bicyclic) bond motifs is 1. The van der Waals surface area contributed by atoms with E-state index in [0.29, 0.717) is 17.5 Å². The van der Waals surface area contributed by atoms with Crippen LogP contribution in [-0.2, 0) is 0 Å². The molecule has 17 heavy (non-hydrogen) atoms. The third-order valence-electron chi connectivity index (χ3n) is 3.92. The van der Waals surface area contributed by atoms with Crippen molar-refractivity contribution in [2.75, 3.05) is 19.6 Å². The summed E-state index contributed by atoms with van der Waals surface area (Å²) >= 11 is 0. The van der Waals surface area contributed by atoms with Crippen LogP contribution >= 0.6 is 0 Å². The zero-order valence-electron chi connectivity index (χ0n) is 10.1. The summed E-state index contributed by atoms with van der Waals surface area (Å²) in [5.74, 6) is 1.56. The highest BCUT2D eigenvalue weighted by Crippen LogP contribution is 2.27. The Morgan fingerprint density at radius 2 is 2.41 bits per heavy atom. The van der Waals surface area contributed by atoms with Gasteiger partial charge in [0.1, 0.15) is 12.0 Å². The van der Waals surface area contributed by atoms with E-state index in [1.165, 1.54) is 6.42 Å². The van der Waals surface area contributed by atoms with Crippen molar-refractivity contribution in [1.29, 1.82) is 0 Å². The lowest BCUT2D eigenvalue weighted by Crippen LogP contribution is -2.48. The van der Waals surface area contributed by atoms with Gasteiger partial charge < -0.3 is 14.6 Å². The Bertz CT molecular complexity index is 427. The minimum atomic E-state index is 0.125. The summed E-state index contributed by atoms with van der Waals surface area (Å²) in [7, 11) is 0. The van der Waals surface area contributed by atoms with Crippen LogP contribution in [0.1, 0.15) is 29.0 Å². The molecule has 3 rings (SSSR count). The predicted octanol–water partition coefficient (Wildman–Crippen LogP) is 1.41. The monoisotopic (exact) mass is 234 g/mol. The van der Waals surface area contributed by atoms with Gasteiger partial charge in [-0.25, -0.2) is 0 Å². The van der Waals surface area contributed by atoms with Gasteiger partial charge in [-0.15, -0.1) is 0 Å². The van der Waals surface area contributed by atoms with Gasteiger partial charge in [-0.05, 0) is 31.7 Å². The molecule has 2 unspecified atom stereocenters. The van der Waals surface area contributed by atoms with Crippen molar-refractivity contribution >= 4 is 5.91 Å². The highest BCUT2D eigenvalue weighted by Gasteiger charge is 2.37. The molecule has 1 amide bonds. The number of piperidine rings is 1. The third-order valence-corrected chi connectivity index (χ3v) is 3.92. The van der Waals surface area contributed by atoms with Crippen LogP contribution < -0.4 is 5.32 Å². The van der Waals surface area contributed by atoms with Gasteiger partial charge in [0, 0.05) is 25.7 Å². The SMILES string of the molecule is Cc1cc(C(=O)N2CCCC3CNCC32)co1. The molecule has 0 bridgehead atoms.